The predicted molar refractivity (Wildman–Crippen MR) is 104 cm³/mol. The normalized spacial score (nSPS) is 20.7. The lowest BCUT2D eigenvalue weighted by Gasteiger charge is -2.24. The Morgan fingerprint density at radius 2 is 1.64 bits per heavy atom. The molecule has 0 bridgehead atoms. The SMILES string of the molecule is CC(C)CCCCC(=O)N[C@H](CO)C(=O)N[C@@H](CC(C)C)C(=O)[C@@]1(CO)CO1. The van der Waals surface area contributed by atoms with Crippen LogP contribution in [0.25, 0.3) is 0 Å². The van der Waals surface area contributed by atoms with Crippen LogP contribution in [0.2, 0.25) is 0 Å². The van der Waals surface area contributed by atoms with Crippen LogP contribution >= 0.6 is 0 Å². The van der Waals surface area contributed by atoms with Crippen LogP contribution in [0.1, 0.15) is 59.8 Å². The fraction of sp³-hybridized carbons (Fsp3) is 0.850. The van der Waals surface area contributed by atoms with Gasteiger partial charge in [-0.15, -0.1) is 0 Å². The molecule has 8 heteroatoms. The first-order valence-corrected chi connectivity index (χ1v) is 10.1. The molecule has 1 heterocycles. The van der Waals surface area contributed by atoms with E-state index in [0.29, 0.717) is 18.8 Å². The maximum Gasteiger partial charge on any atom is 0.245 e. The van der Waals surface area contributed by atoms with Crippen LogP contribution in [0.4, 0.5) is 0 Å². The Labute approximate surface area is 167 Å². The number of carbonyl (C=O) groups excluding carboxylic acids is 3. The number of hydrogen-bond acceptors (Lipinski definition) is 6. The molecule has 1 rings (SSSR count). The van der Waals surface area contributed by atoms with E-state index in [1.807, 2.05) is 13.8 Å². The molecular formula is C20H36N2O6. The number of epoxide rings is 1. The topological polar surface area (TPSA) is 128 Å². The Morgan fingerprint density at radius 3 is 2.11 bits per heavy atom. The Bertz CT molecular complexity index is 531. The Kier molecular flexibility index (Phi) is 10.1. The maximum atomic E-state index is 12.6. The third-order valence-corrected chi connectivity index (χ3v) is 4.81. The highest BCUT2D eigenvalue weighted by atomic mass is 16.6. The quantitative estimate of drug-likeness (QED) is 0.249. The van der Waals surface area contributed by atoms with Gasteiger partial charge in [-0.25, -0.2) is 0 Å². The van der Waals surface area contributed by atoms with E-state index in [1.54, 1.807) is 0 Å². The summed E-state index contributed by atoms with van der Waals surface area (Å²) in [6, 6.07) is -1.97. The van der Waals surface area contributed by atoms with Gasteiger partial charge in [-0.1, -0.05) is 40.5 Å². The minimum Gasteiger partial charge on any atom is -0.394 e. The zero-order valence-corrected chi connectivity index (χ0v) is 17.5. The van der Waals surface area contributed by atoms with Crippen molar-refractivity contribution in [3.8, 4) is 0 Å². The van der Waals surface area contributed by atoms with Crippen LogP contribution in [0, 0.1) is 11.8 Å². The smallest absolute Gasteiger partial charge is 0.245 e. The molecule has 3 atom stereocenters. The van der Waals surface area contributed by atoms with Crippen molar-refractivity contribution in [1.82, 2.24) is 10.6 Å². The van der Waals surface area contributed by atoms with Gasteiger partial charge in [0.05, 0.1) is 25.9 Å². The van der Waals surface area contributed by atoms with E-state index in [9.17, 15) is 24.6 Å². The van der Waals surface area contributed by atoms with E-state index in [1.165, 1.54) is 0 Å². The van der Waals surface area contributed by atoms with E-state index in [4.69, 9.17) is 4.74 Å². The highest BCUT2D eigenvalue weighted by Crippen LogP contribution is 2.30. The number of aliphatic hydroxyl groups is 2. The molecule has 0 aliphatic carbocycles. The van der Waals surface area contributed by atoms with Crippen molar-refractivity contribution in [2.45, 2.75) is 77.5 Å². The number of Topliss-reactive ketones (excluding diaryl/α,β-unsaturated/α-hetero) is 1. The third-order valence-electron chi connectivity index (χ3n) is 4.81. The van der Waals surface area contributed by atoms with Crippen molar-refractivity contribution in [3.63, 3.8) is 0 Å². The first-order valence-electron chi connectivity index (χ1n) is 10.1. The average molecular weight is 401 g/mol. The molecule has 0 aromatic rings. The van der Waals surface area contributed by atoms with Crippen LogP contribution < -0.4 is 10.6 Å². The van der Waals surface area contributed by atoms with Crippen molar-refractivity contribution in [2.75, 3.05) is 19.8 Å². The molecule has 4 N–H and O–H groups in total. The van der Waals surface area contributed by atoms with Gasteiger partial charge in [0.25, 0.3) is 0 Å². The summed E-state index contributed by atoms with van der Waals surface area (Å²) in [6.45, 7) is 7.19. The summed E-state index contributed by atoms with van der Waals surface area (Å²) in [5.41, 5.74) is -1.23. The molecular weight excluding hydrogens is 364 g/mol. The van der Waals surface area contributed by atoms with Gasteiger partial charge in [0, 0.05) is 6.42 Å². The lowest BCUT2D eigenvalue weighted by atomic mass is 9.92. The van der Waals surface area contributed by atoms with Gasteiger partial charge in [-0.3, -0.25) is 14.4 Å². The highest BCUT2D eigenvalue weighted by molar-refractivity contribution is 5.98. The molecule has 0 aromatic carbocycles. The van der Waals surface area contributed by atoms with E-state index in [0.717, 1.165) is 12.8 Å². The number of ketones is 1. The zero-order valence-electron chi connectivity index (χ0n) is 17.5. The summed E-state index contributed by atoms with van der Waals surface area (Å²) >= 11 is 0. The van der Waals surface area contributed by atoms with Gasteiger partial charge in [0.1, 0.15) is 6.04 Å². The molecule has 1 fully saturated rings. The second kappa shape index (κ2) is 11.5. The van der Waals surface area contributed by atoms with Crippen LogP contribution in [0.5, 0.6) is 0 Å². The van der Waals surface area contributed by atoms with Crippen LogP contribution in [0.15, 0.2) is 0 Å². The van der Waals surface area contributed by atoms with Crippen molar-refractivity contribution in [3.05, 3.63) is 0 Å². The first-order chi connectivity index (χ1) is 13.1. The molecule has 0 unspecified atom stereocenters. The summed E-state index contributed by atoms with van der Waals surface area (Å²) in [5.74, 6) is -0.611. The molecule has 162 valence electrons. The number of hydrogen-bond donors (Lipinski definition) is 4. The molecule has 0 aromatic heterocycles. The fourth-order valence-electron chi connectivity index (χ4n) is 2.99. The molecule has 0 spiro atoms. The predicted octanol–water partition coefficient (Wildman–Crippen LogP) is 0.541. The minimum absolute atomic E-state index is 0.117. The molecule has 0 radical (unpaired) electrons. The zero-order chi connectivity index (χ0) is 21.3. The number of rotatable bonds is 14. The van der Waals surface area contributed by atoms with Crippen LogP contribution in [-0.4, -0.2) is 65.3 Å². The van der Waals surface area contributed by atoms with Crippen molar-refractivity contribution in [1.29, 1.82) is 0 Å². The fourth-order valence-corrected chi connectivity index (χ4v) is 2.99. The molecule has 1 saturated heterocycles. The van der Waals surface area contributed by atoms with E-state index in [-0.39, 0.29) is 30.6 Å². The largest absolute Gasteiger partial charge is 0.394 e. The summed E-state index contributed by atoms with van der Waals surface area (Å²) in [6.07, 6.45) is 3.33. The number of amides is 2. The summed E-state index contributed by atoms with van der Waals surface area (Å²) in [5, 5.41) is 24.1. The van der Waals surface area contributed by atoms with Gasteiger partial charge < -0.3 is 25.6 Å². The second-order valence-corrected chi connectivity index (χ2v) is 8.44. The summed E-state index contributed by atoms with van der Waals surface area (Å²) < 4.78 is 5.10. The highest BCUT2D eigenvalue weighted by Gasteiger charge is 2.54. The van der Waals surface area contributed by atoms with Crippen molar-refractivity contribution in [2.24, 2.45) is 11.8 Å². The number of ether oxygens (including phenoxy) is 1. The number of unbranched alkanes of at least 4 members (excludes halogenated alkanes) is 1. The molecule has 2 amide bonds. The van der Waals surface area contributed by atoms with E-state index >= 15 is 0 Å². The summed E-state index contributed by atoms with van der Waals surface area (Å²) in [7, 11) is 0. The lowest BCUT2D eigenvalue weighted by molar-refractivity contribution is -0.134. The third kappa shape index (κ3) is 7.85. The number of carbonyl (C=O) groups is 3. The molecule has 0 saturated carbocycles. The number of nitrogens with one attached hydrogen (secondary N) is 2. The van der Waals surface area contributed by atoms with Gasteiger partial charge in [-0.05, 0) is 24.7 Å². The average Bonchev–Trinajstić information content (AvgIpc) is 3.42. The number of aliphatic hydroxyl groups excluding tert-OH is 2. The van der Waals surface area contributed by atoms with E-state index < -0.39 is 36.8 Å². The monoisotopic (exact) mass is 400 g/mol. The van der Waals surface area contributed by atoms with Crippen LogP contribution in [0.3, 0.4) is 0 Å². The molecule has 28 heavy (non-hydrogen) atoms. The Balaban J connectivity index is 2.60. The lowest BCUT2D eigenvalue weighted by Crippen LogP contribution is -2.55. The van der Waals surface area contributed by atoms with Gasteiger partial charge in [0.15, 0.2) is 11.4 Å². The Morgan fingerprint density at radius 1 is 1.00 bits per heavy atom. The van der Waals surface area contributed by atoms with E-state index in [2.05, 4.69) is 24.5 Å². The van der Waals surface area contributed by atoms with Crippen LogP contribution in [-0.2, 0) is 19.1 Å². The van der Waals surface area contributed by atoms with Gasteiger partial charge in [-0.2, -0.15) is 0 Å². The van der Waals surface area contributed by atoms with Crippen molar-refractivity contribution < 1.29 is 29.3 Å². The summed E-state index contributed by atoms with van der Waals surface area (Å²) in [4.78, 5) is 37.2. The Hall–Kier alpha value is -1.51. The second-order valence-electron chi connectivity index (χ2n) is 8.44. The van der Waals surface area contributed by atoms with Crippen molar-refractivity contribution >= 4 is 17.6 Å². The first kappa shape index (κ1) is 24.5. The minimum atomic E-state index is -1.23. The maximum absolute atomic E-state index is 12.6. The molecule has 1 aliphatic rings. The standard InChI is InChI=1S/C20H36N2O6/c1-13(2)7-5-6-8-17(25)21-16(10-23)19(27)22-15(9-14(3)4)18(26)20(11-24)12-28-20/h13-16,23-24H,5-12H2,1-4H3,(H,21,25)(H,22,27)/t15-,16+,20+/m0/s1. The van der Waals surface area contributed by atoms with Gasteiger partial charge in [0.2, 0.25) is 11.8 Å². The molecule has 8 nitrogen and oxygen atoms in total. The van der Waals surface area contributed by atoms with Gasteiger partial charge >= 0.3 is 0 Å². The molecule has 1 aliphatic heterocycles.